The van der Waals surface area contributed by atoms with Gasteiger partial charge in [0, 0.05) is 31.1 Å². The summed E-state index contributed by atoms with van der Waals surface area (Å²) in [5.74, 6) is 0.471. The summed E-state index contributed by atoms with van der Waals surface area (Å²) in [7, 11) is 0. The average Bonchev–Trinajstić information content (AvgIpc) is 2.23. The molecule has 0 aromatic rings. The highest BCUT2D eigenvalue weighted by atomic mass is 16.2. The van der Waals surface area contributed by atoms with E-state index in [1.807, 2.05) is 18.7 Å². The zero-order valence-corrected chi connectivity index (χ0v) is 10.5. The molecule has 0 radical (unpaired) electrons. The largest absolute Gasteiger partial charge is 0.342 e. The summed E-state index contributed by atoms with van der Waals surface area (Å²) >= 11 is 0. The number of amides is 1. The second kappa shape index (κ2) is 5.17. The molecule has 1 aliphatic carbocycles. The van der Waals surface area contributed by atoms with Crippen LogP contribution in [-0.4, -0.2) is 36.0 Å². The van der Waals surface area contributed by atoms with Gasteiger partial charge in [0.15, 0.2) is 0 Å². The van der Waals surface area contributed by atoms with Crippen molar-refractivity contribution in [1.82, 2.24) is 10.2 Å². The van der Waals surface area contributed by atoms with E-state index in [1.165, 1.54) is 19.3 Å². The fraction of sp³-hybridized carbons (Fsp3) is 0.923. The Morgan fingerprint density at radius 2 is 1.69 bits per heavy atom. The number of nitrogens with zero attached hydrogens (tertiary/aromatic N) is 1. The molecule has 0 spiro atoms. The third-order valence-electron chi connectivity index (χ3n) is 3.88. The van der Waals surface area contributed by atoms with Crippen molar-refractivity contribution in [2.45, 2.75) is 58.0 Å². The van der Waals surface area contributed by atoms with Crippen molar-refractivity contribution in [2.24, 2.45) is 5.92 Å². The predicted octanol–water partition coefficient (Wildman–Crippen LogP) is 1.78. The van der Waals surface area contributed by atoms with Crippen molar-refractivity contribution in [3.63, 3.8) is 0 Å². The molecule has 1 saturated carbocycles. The topological polar surface area (TPSA) is 32.3 Å². The van der Waals surface area contributed by atoms with E-state index in [0.29, 0.717) is 11.9 Å². The summed E-state index contributed by atoms with van der Waals surface area (Å²) in [5, 5.41) is 3.71. The first-order chi connectivity index (χ1) is 7.66. The van der Waals surface area contributed by atoms with Gasteiger partial charge in [-0.3, -0.25) is 4.79 Å². The molecule has 3 nitrogen and oxygen atoms in total. The van der Waals surface area contributed by atoms with Crippen molar-refractivity contribution in [3.05, 3.63) is 0 Å². The SMILES string of the molecule is CC(C)C(=O)N1CCC(NC2CCC2)CC1. The molecule has 0 bridgehead atoms. The molecule has 92 valence electrons. The molecular formula is C13H24N2O. The van der Waals surface area contributed by atoms with Crippen LogP contribution in [0.3, 0.4) is 0 Å². The van der Waals surface area contributed by atoms with E-state index < -0.39 is 0 Å². The first kappa shape index (κ1) is 11.9. The van der Waals surface area contributed by atoms with E-state index in [2.05, 4.69) is 5.32 Å². The van der Waals surface area contributed by atoms with Crippen molar-refractivity contribution in [2.75, 3.05) is 13.1 Å². The van der Waals surface area contributed by atoms with Gasteiger partial charge < -0.3 is 10.2 Å². The molecule has 1 amide bonds. The van der Waals surface area contributed by atoms with Crippen LogP contribution in [0.5, 0.6) is 0 Å². The lowest BCUT2D eigenvalue weighted by Crippen LogP contribution is -2.50. The lowest BCUT2D eigenvalue weighted by molar-refractivity contribution is -0.135. The summed E-state index contributed by atoms with van der Waals surface area (Å²) in [6.45, 7) is 5.87. The van der Waals surface area contributed by atoms with Gasteiger partial charge >= 0.3 is 0 Å². The molecule has 0 aromatic heterocycles. The Balaban J connectivity index is 1.71. The zero-order valence-electron chi connectivity index (χ0n) is 10.5. The first-order valence-electron chi connectivity index (χ1n) is 6.71. The van der Waals surface area contributed by atoms with Gasteiger partial charge in [-0.1, -0.05) is 20.3 Å². The van der Waals surface area contributed by atoms with Gasteiger partial charge in [-0.15, -0.1) is 0 Å². The number of carbonyl (C=O) groups is 1. The van der Waals surface area contributed by atoms with E-state index in [9.17, 15) is 4.79 Å². The van der Waals surface area contributed by atoms with Crippen LogP contribution in [0, 0.1) is 5.92 Å². The van der Waals surface area contributed by atoms with E-state index in [0.717, 1.165) is 32.0 Å². The lowest BCUT2D eigenvalue weighted by Gasteiger charge is -2.37. The molecule has 0 aromatic carbocycles. The van der Waals surface area contributed by atoms with Crippen LogP contribution in [0.15, 0.2) is 0 Å². The number of rotatable bonds is 3. The van der Waals surface area contributed by atoms with Gasteiger partial charge in [-0.05, 0) is 25.7 Å². The Morgan fingerprint density at radius 1 is 1.12 bits per heavy atom. The summed E-state index contributed by atoms with van der Waals surface area (Å²) in [6.07, 6.45) is 6.36. The molecule has 0 atom stereocenters. The van der Waals surface area contributed by atoms with E-state index in [-0.39, 0.29) is 5.92 Å². The number of nitrogens with one attached hydrogen (secondary N) is 1. The van der Waals surface area contributed by atoms with Crippen LogP contribution >= 0.6 is 0 Å². The van der Waals surface area contributed by atoms with Gasteiger partial charge in [0.1, 0.15) is 0 Å². The van der Waals surface area contributed by atoms with Gasteiger partial charge in [0.05, 0.1) is 0 Å². The van der Waals surface area contributed by atoms with Crippen LogP contribution in [0.1, 0.15) is 46.0 Å². The van der Waals surface area contributed by atoms with Gasteiger partial charge in [0.25, 0.3) is 0 Å². The first-order valence-corrected chi connectivity index (χ1v) is 6.71. The smallest absolute Gasteiger partial charge is 0.225 e. The number of hydrogen-bond donors (Lipinski definition) is 1. The molecule has 1 N–H and O–H groups in total. The van der Waals surface area contributed by atoms with E-state index >= 15 is 0 Å². The van der Waals surface area contributed by atoms with Crippen LogP contribution in [0.2, 0.25) is 0 Å². The molecule has 16 heavy (non-hydrogen) atoms. The zero-order chi connectivity index (χ0) is 11.5. The Morgan fingerprint density at radius 3 is 2.12 bits per heavy atom. The Kier molecular flexibility index (Phi) is 3.85. The molecule has 1 heterocycles. The maximum absolute atomic E-state index is 11.8. The molecule has 1 aliphatic heterocycles. The minimum Gasteiger partial charge on any atom is -0.342 e. The highest BCUT2D eigenvalue weighted by Crippen LogP contribution is 2.21. The molecule has 2 fully saturated rings. The maximum atomic E-state index is 11.8. The third kappa shape index (κ3) is 2.76. The molecule has 2 aliphatic rings. The molecule has 1 saturated heterocycles. The predicted molar refractivity (Wildman–Crippen MR) is 65.2 cm³/mol. The summed E-state index contributed by atoms with van der Waals surface area (Å²) in [4.78, 5) is 13.8. The molecule has 2 rings (SSSR count). The number of hydrogen-bond acceptors (Lipinski definition) is 2. The summed E-state index contributed by atoms with van der Waals surface area (Å²) < 4.78 is 0. The van der Waals surface area contributed by atoms with Gasteiger partial charge in [0.2, 0.25) is 5.91 Å². The van der Waals surface area contributed by atoms with Crippen molar-refractivity contribution < 1.29 is 4.79 Å². The van der Waals surface area contributed by atoms with Crippen molar-refractivity contribution in [3.8, 4) is 0 Å². The minimum atomic E-state index is 0.149. The fourth-order valence-electron chi connectivity index (χ4n) is 2.54. The Labute approximate surface area is 98.6 Å². The second-order valence-electron chi connectivity index (χ2n) is 5.55. The lowest BCUT2D eigenvalue weighted by atomic mass is 9.91. The molecule has 0 unspecified atom stereocenters. The third-order valence-corrected chi connectivity index (χ3v) is 3.88. The number of piperidine rings is 1. The van der Waals surface area contributed by atoms with Crippen LogP contribution in [-0.2, 0) is 4.79 Å². The van der Waals surface area contributed by atoms with Gasteiger partial charge in [-0.2, -0.15) is 0 Å². The maximum Gasteiger partial charge on any atom is 0.225 e. The van der Waals surface area contributed by atoms with Crippen LogP contribution in [0.4, 0.5) is 0 Å². The molecule has 3 heteroatoms. The van der Waals surface area contributed by atoms with E-state index in [1.54, 1.807) is 0 Å². The Bertz CT molecular complexity index is 240. The minimum absolute atomic E-state index is 0.149. The number of likely N-dealkylation sites (tertiary alicyclic amines) is 1. The normalized spacial score (nSPS) is 23.6. The fourth-order valence-corrected chi connectivity index (χ4v) is 2.54. The van der Waals surface area contributed by atoms with Crippen LogP contribution in [0.25, 0.3) is 0 Å². The Hall–Kier alpha value is -0.570. The average molecular weight is 224 g/mol. The van der Waals surface area contributed by atoms with Crippen LogP contribution < -0.4 is 5.32 Å². The van der Waals surface area contributed by atoms with E-state index in [4.69, 9.17) is 0 Å². The van der Waals surface area contributed by atoms with Crippen molar-refractivity contribution >= 4 is 5.91 Å². The monoisotopic (exact) mass is 224 g/mol. The van der Waals surface area contributed by atoms with Gasteiger partial charge in [-0.25, -0.2) is 0 Å². The standard InChI is InChI=1S/C13H24N2O/c1-10(2)13(16)15-8-6-12(7-9-15)14-11-4-3-5-11/h10-12,14H,3-9H2,1-2H3. The second-order valence-corrected chi connectivity index (χ2v) is 5.55. The highest BCUT2D eigenvalue weighted by molar-refractivity contribution is 5.78. The number of carbonyl (C=O) groups excluding carboxylic acids is 1. The quantitative estimate of drug-likeness (QED) is 0.792. The summed E-state index contributed by atoms with van der Waals surface area (Å²) in [6, 6.07) is 1.43. The van der Waals surface area contributed by atoms with Crippen molar-refractivity contribution in [1.29, 1.82) is 0 Å². The summed E-state index contributed by atoms with van der Waals surface area (Å²) in [5.41, 5.74) is 0. The molecular weight excluding hydrogens is 200 g/mol. The highest BCUT2D eigenvalue weighted by Gasteiger charge is 2.27.